The van der Waals surface area contributed by atoms with Gasteiger partial charge >= 0.3 is 0 Å². The number of para-hydroxylation sites is 2. The highest BCUT2D eigenvalue weighted by atomic mass is 32.1. The highest BCUT2D eigenvalue weighted by molar-refractivity contribution is 7.27. The zero-order valence-electron chi connectivity index (χ0n) is 33.5. The molecule has 0 radical (unpaired) electrons. The van der Waals surface area contributed by atoms with Crippen LogP contribution < -0.4 is 9.80 Å². The number of thiophene rings is 2. The summed E-state index contributed by atoms with van der Waals surface area (Å²) in [5.74, 6) is 0. The van der Waals surface area contributed by atoms with Crippen molar-refractivity contribution >= 4 is 140 Å². The third kappa shape index (κ3) is 5.41. The van der Waals surface area contributed by atoms with Crippen LogP contribution in [0.2, 0.25) is 0 Å². The van der Waals surface area contributed by atoms with Crippen molar-refractivity contribution in [2.75, 3.05) is 9.80 Å². The molecule has 11 aromatic carbocycles. The van der Waals surface area contributed by atoms with Crippen molar-refractivity contribution in [2.24, 2.45) is 0 Å². The molecule has 0 aliphatic carbocycles. The Labute approximate surface area is 366 Å². The molecular weight excluding hydrogens is 789 g/mol. The molecule has 0 bridgehead atoms. The third-order valence-corrected chi connectivity index (χ3v) is 15.0. The first-order valence-corrected chi connectivity index (χ1v) is 22.7. The molecule has 0 amide bonds. The van der Waals surface area contributed by atoms with Gasteiger partial charge < -0.3 is 9.80 Å². The summed E-state index contributed by atoms with van der Waals surface area (Å²) in [5, 5.41) is 15.0. The Bertz CT molecular complexity index is 3890. The van der Waals surface area contributed by atoms with Crippen LogP contribution in [0, 0.1) is 0 Å². The van der Waals surface area contributed by atoms with Gasteiger partial charge in [-0.3, -0.25) is 0 Å². The zero-order chi connectivity index (χ0) is 40.7. The Morgan fingerprint density at radius 1 is 0.242 bits per heavy atom. The minimum atomic E-state index is 1.09. The van der Waals surface area contributed by atoms with Gasteiger partial charge in [-0.25, -0.2) is 0 Å². The highest BCUT2D eigenvalue weighted by Crippen LogP contribution is 2.50. The van der Waals surface area contributed by atoms with E-state index in [4.69, 9.17) is 0 Å². The van der Waals surface area contributed by atoms with Crippen LogP contribution in [0.25, 0.3) is 83.4 Å². The predicted molar refractivity (Wildman–Crippen MR) is 272 cm³/mol. The van der Waals surface area contributed by atoms with E-state index in [0.717, 1.165) is 34.1 Å². The molecule has 0 aliphatic heterocycles. The van der Waals surface area contributed by atoms with Crippen molar-refractivity contribution in [1.29, 1.82) is 0 Å². The molecule has 4 heteroatoms. The molecule has 0 saturated carbocycles. The van der Waals surface area contributed by atoms with Gasteiger partial charge in [-0.1, -0.05) is 158 Å². The molecule has 290 valence electrons. The molecular formula is C58H36N2S2. The minimum absolute atomic E-state index is 1.09. The molecule has 0 spiro atoms. The van der Waals surface area contributed by atoms with Gasteiger partial charge in [0.2, 0.25) is 0 Å². The van der Waals surface area contributed by atoms with Gasteiger partial charge in [0.1, 0.15) is 0 Å². The molecule has 13 rings (SSSR count). The Morgan fingerprint density at radius 3 is 1.29 bits per heavy atom. The lowest BCUT2D eigenvalue weighted by Gasteiger charge is -2.32. The maximum atomic E-state index is 2.50. The van der Waals surface area contributed by atoms with E-state index in [1.807, 2.05) is 22.7 Å². The number of rotatable bonds is 6. The molecule has 2 nitrogen and oxygen atoms in total. The van der Waals surface area contributed by atoms with Gasteiger partial charge in [0.25, 0.3) is 0 Å². The molecule has 0 saturated heterocycles. The normalized spacial score (nSPS) is 11.9. The van der Waals surface area contributed by atoms with Gasteiger partial charge in [-0.05, 0) is 76.8 Å². The quantitative estimate of drug-likeness (QED) is 0.154. The van der Waals surface area contributed by atoms with E-state index in [1.165, 1.54) is 83.4 Å². The second-order valence-electron chi connectivity index (χ2n) is 16.0. The van der Waals surface area contributed by atoms with E-state index >= 15 is 0 Å². The Balaban J connectivity index is 1.12. The van der Waals surface area contributed by atoms with E-state index in [1.54, 1.807) is 0 Å². The largest absolute Gasteiger partial charge is 0.310 e. The topological polar surface area (TPSA) is 6.48 Å². The van der Waals surface area contributed by atoms with Crippen LogP contribution in [0.5, 0.6) is 0 Å². The van der Waals surface area contributed by atoms with Crippen LogP contribution in [-0.4, -0.2) is 0 Å². The fraction of sp³-hybridized carbons (Fsp3) is 0. The maximum Gasteiger partial charge on any atom is 0.0561 e. The molecule has 0 atom stereocenters. The van der Waals surface area contributed by atoms with Crippen molar-refractivity contribution in [3.05, 3.63) is 218 Å². The van der Waals surface area contributed by atoms with Crippen LogP contribution in [-0.2, 0) is 0 Å². The Hall–Kier alpha value is -7.50. The summed E-state index contributed by atoms with van der Waals surface area (Å²) in [7, 11) is 0. The summed E-state index contributed by atoms with van der Waals surface area (Å²) in [6.07, 6.45) is 0. The van der Waals surface area contributed by atoms with E-state index in [-0.39, 0.29) is 0 Å². The second-order valence-corrected chi connectivity index (χ2v) is 18.1. The van der Waals surface area contributed by atoms with Gasteiger partial charge in [-0.15, -0.1) is 22.7 Å². The fourth-order valence-electron chi connectivity index (χ4n) is 9.82. The van der Waals surface area contributed by atoms with Crippen LogP contribution in [0.15, 0.2) is 218 Å². The van der Waals surface area contributed by atoms with Gasteiger partial charge in [0, 0.05) is 84.3 Å². The Morgan fingerprint density at radius 2 is 0.677 bits per heavy atom. The first-order valence-electron chi connectivity index (χ1n) is 21.1. The summed E-state index contributed by atoms with van der Waals surface area (Å²) in [4.78, 5) is 4.97. The third-order valence-electron chi connectivity index (χ3n) is 12.6. The molecule has 0 aliphatic rings. The fourth-order valence-corrected chi connectivity index (χ4v) is 12.3. The molecule has 62 heavy (non-hydrogen) atoms. The second kappa shape index (κ2) is 14.0. The van der Waals surface area contributed by atoms with Crippen LogP contribution in [0.3, 0.4) is 0 Å². The number of anilines is 6. The summed E-state index contributed by atoms with van der Waals surface area (Å²) in [6, 6.07) is 80.6. The lowest BCUT2D eigenvalue weighted by Crippen LogP contribution is -2.14. The standard InChI is InChI=1S/C58H36N2S2/c1-3-16-38(17-4-1)59(52-25-13-23-47-42(52)31-33-49-45-21-9-11-27-55(45)61-57(47)49)40-35-51-41-20-8-7-15-37(41)29-30-44(51)54(36-40)60(39-18-5-2-6-19-39)53-26-14-24-48-43(53)32-34-50-46-22-10-12-28-56(46)62-58(48)50/h1-36H. The van der Waals surface area contributed by atoms with E-state index in [2.05, 4.69) is 228 Å². The first kappa shape index (κ1) is 35.3. The summed E-state index contributed by atoms with van der Waals surface area (Å²) >= 11 is 3.77. The first-order chi connectivity index (χ1) is 30.8. The minimum Gasteiger partial charge on any atom is -0.310 e. The number of benzene rings is 11. The zero-order valence-corrected chi connectivity index (χ0v) is 35.1. The SMILES string of the molecule is c1ccc(N(c2cc(N(c3ccccc3)c3cccc4c3ccc3c5ccccc5sc43)c3ccc4ccccc4c3c2)c2cccc3c2ccc2c4ccccc4sc32)cc1. The Kier molecular flexibility index (Phi) is 7.99. The van der Waals surface area contributed by atoms with Crippen molar-refractivity contribution < 1.29 is 0 Å². The van der Waals surface area contributed by atoms with Crippen molar-refractivity contribution in [2.45, 2.75) is 0 Å². The smallest absolute Gasteiger partial charge is 0.0561 e. The van der Waals surface area contributed by atoms with Crippen molar-refractivity contribution in [3.8, 4) is 0 Å². The average Bonchev–Trinajstić information content (AvgIpc) is 3.92. The number of hydrogen-bond acceptors (Lipinski definition) is 4. The van der Waals surface area contributed by atoms with E-state index in [0.29, 0.717) is 0 Å². The molecule has 2 aromatic heterocycles. The molecule has 0 fully saturated rings. The van der Waals surface area contributed by atoms with Crippen LogP contribution >= 0.6 is 22.7 Å². The lowest BCUT2D eigenvalue weighted by molar-refractivity contribution is 1.28. The van der Waals surface area contributed by atoms with Gasteiger partial charge in [-0.2, -0.15) is 0 Å². The van der Waals surface area contributed by atoms with E-state index < -0.39 is 0 Å². The molecule has 13 aromatic rings. The molecule has 0 unspecified atom stereocenters. The maximum absolute atomic E-state index is 2.50. The highest BCUT2D eigenvalue weighted by Gasteiger charge is 2.24. The average molecular weight is 825 g/mol. The number of fused-ring (bicyclic) bond motifs is 13. The molecule has 0 N–H and O–H groups in total. The van der Waals surface area contributed by atoms with Crippen molar-refractivity contribution in [1.82, 2.24) is 0 Å². The van der Waals surface area contributed by atoms with E-state index in [9.17, 15) is 0 Å². The summed E-state index contributed by atoms with van der Waals surface area (Å²) in [5.41, 5.74) is 6.70. The predicted octanol–water partition coefficient (Wildman–Crippen LogP) is 18.0. The van der Waals surface area contributed by atoms with Gasteiger partial charge in [0.15, 0.2) is 0 Å². The van der Waals surface area contributed by atoms with Crippen LogP contribution in [0.1, 0.15) is 0 Å². The number of nitrogens with zero attached hydrogens (tertiary/aromatic N) is 2. The number of hydrogen-bond donors (Lipinski definition) is 0. The monoisotopic (exact) mass is 824 g/mol. The lowest BCUT2D eigenvalue weighted by atomic mass is 9.97. The van der Waals surface area contributed by atoms with Crippen molar-refractivity contribution in [3.63, 3.8) is 0 Å². The molecule has 2 heterocycles. The van der Waals surface area contributed by atoms with Crippen LogP contribution in [0.4, 0.5) is 34.1 Å². The summed E-state index contributed by atoms with van der Waals surface area (Å²) in [6.45, 7) is 0. The van der Waals surface area contributed by atoms with Gasteiger partial charge in [0.05, 0.1) is 17.1 Å². The summed E-state index contributed by atoms with van der Waals surface area (Å²) < 4.78 is 5.27.